The number of halogens is 2. The van der Waals surface area contributed by atoms with Gasteiger partial charge in [0.15, 0.2) is 0 Å². The Bertz CT molecular complexity index is 836. The molecule has 2 N–H and O–H groups in total. The molecule has 106 valence electrons. The van der Waals surface area contributed by atoms with E-state index in [1.165, 1.54) is 12.1 Å². The van der Waals surface area contributed by atoms with E-state index in [9.17, 15) is 4.39 Å². The fourth-order valence-corrected chi connectivity index (χ4v) is 2.42. The monoisotopic (exact) mass is 346 g/mol. The van der Waals surface area contributed by atoms with Crippen LogP contribution in [0.4, 0.5) is 10.1 Å². The summed E-state index contributed by atoms with van der Waals surface area (Å²) in [6, 6.07) is 11.5. The van der Waals surface area contributed by atoms with E-state index in [1.54, 1.807) is 24.3 Å². The van der Waals surface area contributed by atoms with Crippen LogP contribution < -0.4 is 10.5 Å². The summed E-state index contributed by atoms with van der Waals surface area (Å²) >= 11 is 3.35. The fourth-order valence-electron chi connectivity index (χ4n) is 2.10. The van der Waals surface area contributed by atoms with Crippen molar-refractivity contribution in [3.8, 4) is 11.5 Å². The number of anilines is 1. The van der Waals surface area contributed by atoms with Crippen molar-refractivity contribution < 1.29 is 9.13 Å². The molecule has 0 fully saturated rings. The molecule has 21 heavy (non-hydrogen) atoms. The molecule has 1 heterocycles. The molecule has 0 bridgehead atoms. The molecule has 0 aliphatic carbocycles. The number of nitrogens with two attached hydrogens (primary N) is 1. The first-order chi connectivity index (χ1) is 10.0. The number of hydrogen-bond acceptors (Lipinski definition) is 3. The largest absolute Gasteiger partial charge is 0.455 e. The van der Waals surface area contributed by atoms with Crippen LogP contribution in [-0.2, 0) is 0 Å². The maximum atomic E-state index is 13.4. The van der Waals surface area contributed by atoms with Gasteiger partial charge < -0.3 is 10.5 Å². The minimum absolute atomic E-state index is 0.359. The molecule has 0 unspecified atom stereocenters. The predicted molar refractivity (Wildman–Crippen MR) is 85.1 cm³/mol. The van der Waals surface area contributed by atoms with Crippen LogP contribution in [0.15, 0.2) is 46.9 Å². The molecule has 2 aromatic carbocycles. The first kappa shape index (κ1) is 13.8. The van der Waals surface area contributed by atoms with E-state index in [1.807, 2.05) is 13.0 Å². The molecule has 3 nitrogen and oxygen atoms in total. The molecule has 3 rings (SSSR count). The third-order valence-electron chi connectivity index (χ3n) is 3.04. The Morgan fingerprint density at radius 2 is 1.90 bits per heavy atom. The molecule has 0 aliphatic heterocycles. The van der Waals surface area contributed by atoms with Crippen LogP contribution in [0.1, 0.15) is 5.69 Å². The van der Waals surface area contributed by atoms with Gasteiger partial charge in [0.1, 0.15) is 17.3 Å². The zero-order valence-corrected chi connectivity index (χ0v) is 12.8. The van der Waals surface area contributed by atoms with Crippen LogP contribution in [0.3, 0.4) is 0 Å². The lowest BCUT2D eigenvalue weighted by atomic mass is 10.1. The maximum Gasteiger partial charge on any atom is 0.144 e. The average molecular weight is 347 g/mol. The highest BCUT2D eigenvalue weighted by molar-refractivity contribution is 9.10. The smallest absolute Gasteiger partial charge is 0.144 e. The Morgan fingerprint density at radius 1 is 1.10 bits per heavy atom. The number of pyridine rings is 1. The van der Waals surface area contributed by atoms with Crippen molar-refractivity contribution >= 4 is 32.5 Å². The number of aryl methyl sites for hydroxylation is 1. The van der Waals surface area contributed by atoms with Gasteiger partial charge in [-0.3, -0.25) is 4.98 Å². The number of fused-ring (bicyclic) bond motifs is 1. The summed E-state index contributed by atoms with van der Waals surface area (Å²) in [5.74, 6) is 0.642. The van der Waals surface area contributed by atoms with Crippen molar-refractivity contribution in [3.05, 3.63) is 58.4 Å². The van der Waals surface area contributed by atoms with Gasteiger partial charge in [-0.25, -0.2) is 4.39 Å². The van der Waals surface area contributed by atoms with E-state index >= 15 is 0 Å². The van der Waals surface area contributed by atoms with Crippen molar-refractivity contribution in [2.24, 2.45) is 0 Å². The van der Waals surface area contributed by atoms with E-state index in [4.69, 9.17) is 10.5 Å². The Kier molecular flexibility index (Phi) is 3.51. The molecule has 1 aromatic heterocycles. The number of ether oxygens (including phenoxy) is 1. The Labute approximate surface area is 129 Å². The van der Waals surface area contributed by atoms with Gasteiger partial charge in [-0.15, -0.1) is 0 Å². The summed E-state index contributed by atoms with van der Waals surface area (Å²) in [7, 11) is 0. The highest BCUT2D eigenvalue weighted by Gasteiger charge is 2.10. The second kappa shape index (κ2) is 5.33. The summed E-state index contributed by atoms with van der Waals surface area (Å²) in [4.78, 5) is 4.44. The Morgan fingerprint density at radius 3 is 2.71 bits per heavy atom. The normalized spacial score (nSPS) is 10.8. The van der Waals surface area contributed by atoms with Gasteiger partial charge in [-0.2, -0.15) is 0 Å². The maximum absolute atomic E-state index is 13.4. The van der Waals surface area contributed by atoms with Gasteiger partial charge in [-0.05, 0) is 53.2 Å². The zero-order chi connectivity index (χ0) is 15.0. The first-order valence-corrected chi connectivity index (χ1v) is 7.12. The average Bonchev–Trinajstić information content (AvgIpc) is 2.43. The Hall–Kier alpha value is -2.14. The number of benzene rings is 2. The van der Waals surface area contributed by atoms with Crippen molar-refractivity contribution in [2.45, 2.75) is 6.92 Å². The molecule has 5 heteroatoms. The summed E-state index contributed by atoms with van der Waals surface area (Å²) in [5.41, 5.74) is 8.05. The molecular weight excluding hydrogens is 335 g/mol. The summed E-state index contributed by atoms with van der Waals surface area (Å²) < 4.78 is 19.9. The van der Waals surface area contributed by atoms with Crippen LogP contribution in [0, 0.1) is 12.7 Å². The van der Waals surface area contributed by atoms with E-state index < -0.39 is 0 Å². The molecule has 3 aromatic rings. The summed E-state index contributed by atoms with van der Waals surface area (Å²) in [5, 5.41) is 0.789. The van der Waals surface area contributed by atoms with Gasteiger partial charge in [-0.1, -0.05) is 0 Å². The molecule has 0 saturated heterocycles. The van der Waals surface area contributed by atoms with Gasteiger partial charge in [0.2, 0.25) is 0 Å². The molecule has 0 radical (unpaired) electrons. The number of aromatic nitrogens is 1. The van der Waals surface area contributed by atoms with E-state index in [2.05, 4.69) is 20.9 Å². The number of nitrogen functional groups attached to an aromatic ring is 1. The predicted octanol–water partition coefficient (Wildman–Crippen LogP) is 4.82. The van der Waals surface area contributed by atoms with Gasteiger partial charge in [0.25, 0.3) is 0 Å². The number of rotatable bonds is 2. The highest BCUT2D eigenvalue weighted by Crippen LogP contribution is 2.35. The quantitative estimate of drug-likeness (QED) is 0.676. The number of nitrogens with zero attached hydrogens (tertiary/aromatic N) is 1. The first-order valence-electron chi connectivity index (χ1n) is 6.33. The second-order valence-electron chi connectivity index (χ2n) is 4.72. The van der Waals surface area contributed by atoms with E-state index in [-0.39, 0.29) is 5.82 Å². The molecule has 0 amide bonds. The highest BCUT2D eigenvalue weighted by atomic mass is 79.9. The molecule has 0 spiro atoms. The van der Waals surface area contributed by atoms with E-state index in [0.717, 1.165) is 16.6 Å². The van der Waals surface area contributed by atoms with Crippen molar-refractivity contribution in [1.29, 1.82) is 0 Å². The van der Waals surface area contributed by atoms with Crippen LogP contribution >= 0.6 is 15.9 Å². The van der Waals surface area contributed by atoms with Crippen molar-refractivity contribution in [1.82, 2.24) is 4.98 Å². The lowest BCUT2D eigenvalue weighted by Crippen LogP contribution is -1.93. The minimum Gasteiger partial charge on any atom is -0.455 e. The zero-order valence-electron chi connectivity index (χ0n) is 11.2. The van der Waals surface area contributed by atoms with Crippen LogP contribution in [0.5, 0.6) is 11.5 Å². The van der Waals surface area contributed by atoms with Crippen LogP contribution in [0.2, 0.25) is 0 Å². The van der Waals surface area contributed by atoms with Gasteiger partial charge >= 0.3 is 0 Å². The van der Waals surface area contributed by atoms with Crippen LogP contribution in [-0.4, -0.2) is 4.98 Å². The second-order valence-corrected chi connectivity index (χ2v) is 5.57. The summed E-state index contributed by atoms with van der Waals surface area (Å²) in [6.45, 7) is 1.88. The third-order valence-corrected chi connectivity index (χ3v) is 3.69. The lowest BCUT2D eigenvalue weighted by molar-refractivity contribution is 0.478. The fraction of sp³-hybridized carbons (Fsp3) is 0.0625. The minimum atomic E-state index is -0.359. The molecule has 0 aliphatic rings. The number of hydrogen-bond donors (Lipinski definition) is 1. The summed E-state index contributed by atoms with van der Waals surface area (Å²) in [6.07, 6.45) is 0. The van der Waals surface area contributed by atoms with Crippen molar-refractivity contribution in [3.63, 3.8) is 0 Å². The standard InChI is InChI=1S/C16H12BrFN2O/c1-9-6-15(12-8-11(19)3-5-14(12)20-9)21-16-7-10(18)2-4-13(16)17/h2-8H,19H2,1H3. The molecular formula is C16H12BrFN2O. The Balaban J connectivity index is 2.15. The molecule has 0 saturated carbocycles. The third kappa shape index (κ3) is 2.83. The van der Waals surface area contributed by atoms with Gasteiger partial charge in [0, 0.05) is 28.9 Å². The van der Waals surface area contributed by atoms with Crippen molar-refractivity contribution in [2.75, 3.05) is 5.73 Å². The van der Waals surface area contributed by atoms with E-state index in [0.29, 0.717) is 21.7 Å². The molecule has 0 atom stereocenters. The van der Waals surface area contributed by atoms with Crippen LogP contribution in [0.25, 0.3) is 10.9 Å². The SMILES string of the molecule is Cc1cc(Oc2cc(F)ccc2Br)c2cc(N)ccc2n1. The lowest BCUT2D eigenvalue weighted by Gasteiger charge is -2.11. The van der Waals surface area contributed by atoms with Gasteiger partial charge in [0.05, 0.1) is 9.99 Å². The topological polar surface area (TPSA) is 48.1 Å².